The van der Waals surface area contributed by atoms with Crippen molar-refractivity contribution in [1.29, 1.82) is 0 Å². The Morgan fingerprint density at radius 3 is 2.48 bits per heavy atom. The number of ether oxygens (including phenoxy) is 1. The quantitative estimate of drug-likeness (QED) is 0.408. The van der Waals surface area contributed by atoms with Crippen molar-refractivity contribution in [3.8, 4) is 5.75 Å². The molecule has 0 heterocycles. The number of carbonyl (C=O) groups excluding carboxylic acids is 1. The third kappa shape index (κ3) is 6.18. The summed E-state index contributed by atoms with van der Waals surface area (Å²) < 4.78 is 5.21. The first kappa shape index (κ1) is 18.3. The van der Waals surface area contributed by atoms with E-state index in [0.29, 0.717) is 31.2 Å². The van der Waals surface area contributed by atoms with Crippen LogP contribution in [0, 0.1) is 0 Å². The monoisotopic (exact) mass is 340 g/mol. The van der Waals surface area contributed by atoms with Gasteiger partial charge in [-0.1, -0.05) is 30.3 Å². The van der Waals surface area contributed by atoms with Crippen LogP contribution < -0.4 is 20.7 Å². The van der Waals surface area contributed by atoms with E-state index in [-0.39, 0.29) is 5.91 Å². The zero-order valence-electron chi connectivity index (χ0n) is 14.6. The van der Waals surface area contributed by atoms with E-state index in [0.717, 1.165) is 11.3 Å². The van der Waals surface area contributed by atoms with Crippen LogP contribution in [0.15, 0.2) is 59.6 Å². The minimum Gasteiger partial charge on any atom is -0.497 e. The van der Waals surface area contributed by atoms with Crippen molar-refractivity contribution in [2.24, 2.45) is 4.99 Å². The van der Waals surface area contributed by atoms with Crippen LogP contribution in [0.3, 0.4) is 0 Å². The van der Waals surface area contributed by atoms with Crippen molar-refractivity contribution in [3.63, 3.8) is 0 Å². The molecule has 0 unspecified atom stereocenters. The van der Waals surface area contributed by atoms with Gasteiger partial charge in [-0.2, -0.15) is 0 Å². The minimum atomic E-state index is -0.0817. The Kier molecular flexibility index (Phi) is 7.31. The lowest BCUT2D eigenvalue weighted by atomic mass is 10.2. The first-order chi connectivity index (χ1) is 12.2. The predicted molar refractivity (Wildman–Crippen MR) is 100.0 cm³/mol. The summed E-state index contributed by atoms with van der Waals surface area (Å²) in [6.45, 7) is 1.72. The number of benzene rings is 2. The van der Waals surface area contributed by atoms with Gasteiger partial charge in [0.1, 0.15) is 5.75 Å². The Morgan fingerprint density at radius 1 is 1.00 bits per heavy atom. The molecule has 0 radical (unpaired) electrons. The van der Waals surface area contributed by atoms with Crippen LogP contribution in [-0.2, 0) is 6.54 Å². The molecule has 1 amide bonds. The molecule has 0 aliphatic rings. The Morgan fingerprint density at radius 2 is 1.76 bits per heavy atom. The number of methoxy groups -OCH3 is 1. The number of guanidine groups is 1. The maximum Gasteiger partial charge on any atom is 0.251 e. The molecular formula is C19H24N4O2. The van der Waals surface area contributed by atoms with Gasteiger partial charge in [-0.3, -0.25) is 9.79 Å². The van der Waals surface area contributed by atoms with Crippen molar-refractivity contribution >= 4 is 11.9 Å². The van der Waals surface area contributed by atoms with E-state index < -0.39 is 0 Å². The van der Waals surface area contributed by atoms with Crippen molar-refractivity contribution in [1.82, 2.24) is 16.0 Å². The second kappa shape index (κ2) is 9.97. The van der Waals surface area contributed by atoms with Crippen LogP contribution in [0.4, 0.5) is 0 Å². The number of nitrogens with zero attached hydrogens (tertiary/aromatic N) is 1. The number of hydrogen-bond donors (Lipinski definition) is 3. The van der Waals surface area contributed by atoms with Crippen molar-refractivity contribution < 1.29 is 9.53 Å². The minimum absolute atomic E-state index is 0.0817. The van der Waals surface area contributed by atoms with Gasteiger partial charge >= 0.3 is 0 Å². The topological polar surface area (TPSA) is 74.8 Å². The number of hydrogen-bond acceptors (Lipinski definition) is 3. The molecule has 0 saturated heterocycles. The fourth-order valence-electron chi connectivity index (χ4n) is 2.24. The molecular weight excluding hydrogens is 316 g/mol. The van der Waals surface area contributed by atoms with Gasteiger partial charge in [-0.05, 0) is 29.8 Å². The fourth-order valence-corrected chi connectivity index (χ4v) is 2.24. The highest BCUT2D eigenvalue weighted by molar-refractivity contribution is 5.94. The first-order valence-electron chi connectivity index (χ1n) is 8.13. The van der Waals surface area contributed by atoms with Gasteiger partial charge < -0.3 is 20.7 Å². The van der Waals surface area contributed by atoms with Gasteiger partial charge in [-0.15, -0.1) is 0 Å². The number of nitrogens with one attached hydrogen (secondary N) is 3. The van der Waals surface area contributed by atoms with Crippen LogP contribution in [0.25, 0.3) is 0 Å². The molecule has 0 aromatic heterocycles. The van der Waals surface area contributed by atoms with E-state index in [1.807, 2.05) is 42.5 Å². The highest BCUT2D eigenvalue weighted by Gasteiger charge is 2.03. The number of rotatable bonds is 7. The fraction of sp³-hybridized carbons (Fsp3) is 0.263. The second-order valence-corrected chi connectivity index (χ2v) is 5.33. The van der Waals surface area contributed by atoms with Crippen molar-refractivity contribution in [3.05, 3.63) is 65.7 Å². The second-order valence-electron chi connectivity index (χ2n) is 5.33. The van der Waals surface area contributed by atoms with E-state index in [4.69, 9.17) is 4.74 Å². The molecule has 25 heavy (non-hydrogen) atoms. The van der Waals surface area contributed by atoms with Gasteiger partial charge in [0.05, 0.1) is 7.11 Å². The molecule has 0 fully saturated rings. The zero-order chi connectivity index (χ0) is 17.9. The molecule has 0 aliphatic heterocycles. The van der Waals surface area contributed by atoms with Crippen molar-refractivity contribution in [2.75, 3.05) is 27.2 Å². The average molecular weight is 340 g/mol. The Bertz CT molecular complexity index is 702. The predicted octanol–water partition coefficient (Wildman–Crippen LogP) is 1.79. The third-order valence-corrected chi connectivity index (χ3v) is 3.56. The van der Waals surface area contributed by atoms with Gasteiger partial charge in [0.15, 0.2) is 5.96 Å². The summed E-state index contributed by atoms with van der Waals surface area (Å²) in [5.41, 5.74) is 1.75. The molecule has 0 aliphatic carbocycles. The van der Waals surface area contributed by atoms with Gasteiger partial charge in [0.25, 0.3) is 5.91 Å². The molecule has 3 N–H and O–H groups in total. The van der Waals surface area contributed by atoms with Gasteiger partial charge in [0, 0.05) is 32.2 Å². The lowest BCUT2D eigenvalue weighted by molar-refractivity contribution is 0.0954. The lowest BCUT2D eigenvalue weighted by Crippen LogP contribution is -2.41. The molecule has 2 aromatic carbocycles. The van der Waals surface area contributed by atoms with Crippen molar-refractivity contribution in [2.45, 2.75) is 6.54 Å². The van der Waals surface area contributed by atoms with Crippen LogP contribution >= 0.6 is 0 Å². The third-order valence-electron chi connectivity index (χ3n) is 3.56. The molecule has 0 spiro atoms. The summed E-state index contributed by atoms with van der Waals surface area (Å²) in [5.74, 6) is 1.42. The van der Waals surface area contributed by atoms with E-state index in [1.165, 1.54) is 0 Å². The Balaban J connectivity index is 1.70. The molecule has 6 nitrogen and oxygen atoms in total. The normalized spacial score (nSPS) is 10.9. The van der Waals surface area contributed by atoms with Crippen LogP contribution in [0.5, 0.6) is 5.75 Å². The van der Waals surface area contributed by atoms with Gasteiger partial charge in [-0.25, -0.2) is 0 Å². The molecule has 0 bridgehead atoms. The van der Waals surface area contributed by atoms with E-state index in [1.54, 1.807) is 26.3 Å². The summed E-state index contributed by atoms with van der Waals surface area (Å²) in [6, 6.07) is 17.0. The highest BCUT2D eigenvalue weighted by atomic mass is 16.5. The summed E-state index contributed by atoms with van der Waals surface area (Å²) in [5, 5.41) is 9.26. The van der Waals surface area contributed by atoms with Crippen LogP contribution in [0.2, 0.25) is 0 Å². The van der Waals surface area contributed by atoms with Gasteiger partial charge in [0.2, 0.25) is 0 Å². The van der Waals surface area contributed by atoms with E-state index in [2.05, 4.69) is 20.9 Å². The maximum absolute atomic E-state index is 11.9. The highest BCUT2D eigenvalue weighted by Crippen LogP contribution is 2.11. The van der Waals surface area contributed by atoms with E-state index in [9.17, 15) is 4.79 Å². The molecule has 6 heteroatoms. The first-order valence-corrected chi connectivity index (χ1v) is 8.13. The summed E-state index contributed by atoms with van der Waals surface area (Å²) in [7, 11) is 3.36. The Labute approximate surface area is 148 Å². The molecule has 0 saturated carbocycles. The molecule has 2 aromatic rings. The standard InChI is InChI=1S/C19H24N4O2/c1-20-19(23-14-15-7-6-10-17(13-15)25-2)22-12-11-21-18(24)16-8-4-3-5-9-16/h3-10,13H,11-12,14H2,1-2H3,(H,21,24)(H2,20,22,23). The molecule has 132 valence electrons. The Hall–Kier alpha value is -3.02. The average Bonchev–Trinajstić information content (AvgIpc) is 2.68. The van der Waals surface area contributed by atoms with Crippen LogP contribution in [0.1, 0.15) is 15.9 Å². The maximum atomic E-state index is 11.9. The number of carbonyl (C=O) groups is 1. The smallest absolute Gasteiger partial charge is 0.251 e. The number of aliphatic imine (C=N–C) groups is 1. The summed E-state index contributed by atoms with van der Waals surface area (Å²) in [4.78, 5) is 16.1. The van der Waals surface area contributed by atoms with E-state index >= 15 is 0 Å². The number of amides is 1. The zero-order valence-corrected chi connectivity index (χ0v) is 14.6. The SMILES string of the molecule is CN=C(NCCNC(=O)c1ccccc1)NCc1cccc(OC)c1. The van der Waals surface area contributed by atoms with Crippen LogP contribution in [-0.4, -0.2) is 39.1 Å². The largest absolute Gasteiger partial charge is 0.497 e. The lowest BCUT2D eigenvalue weighted by Gasteiger charge is -2.13. The summed E-state index contributed by atoms with van der Waals surface area (Å²) >= 11 is 0. The summed E-state index contributed by atoms with van der Waals surface area (Å²) in [6.07, 6.45) is 0. The molecule has 2 rings (SSSR count). The molecule has 0 atom stereocenters.